The maximum absolute atomic E-state index is 11.7. The largest absolute Gasteiger partial charge is 0.465 e. The van der Waals surface area contributed by atoms with Gasteiger partial charge in [0.2, 0.25) is 5.91 Å². The summed E-state index contributed by atoms with van der Waals surface area (Å²) in [4.78, 5) is 23.2. The fraction of sp³-hybridized carbons (Fsp3) is 0.118. The van der Waals surface area contributed by atoms with Crippen LogP contribution in [0.25, 0.3) is 6.08 Å². The number of hydrogen-bond acceptors (Lipinski definition) is 4. The van der Waals surface area contributed by atoms with E-state index in [-0.39, 0.29) is 6.54 Å². The van der Waals surface area contributed by atoms with Gasteiger partial charge in [-0.05, 0) is 42.8 Å². The van der Waals surface area contributed by atoms with Crippen molar-refractivity contribution in [1.82, 2.24) is 10.7 Å². The van der Waals surface area contributed by atoms with Crippen LogP contribution >= 0.6 is 11.6 Å². The molecular weight excluding hydrogens is 330 g/mol. The Labute approximate surface area is 144 Å². The number of benzene rings is 1. The molecule has 2 amide bonds. The van der Waals surface area contributed by atoms with Gasteiger partial charge in [-0.3, -0.25) is 9.59 Å². The van der Waals surface area contributed by atoms with Gasteiger partial charge in [-0.15, -0.1) is 0 Å². The van der Waals surface area contributed by atoms with E-state index >= 15 is 0 Å². The summed E-state index contributed by atoms with van der Waals surface area (Å²) in [6, 6.07) is 10.5. The second-order valence-electron chi connectivity index (χ2n) is 4.81. The smallest absolute Gasteiger partial charge is 0.259 e. The number of amides is 2. The number of nitrogens with zero attached hydrogens (tertiary/aromatic N) is 1. The van der Waals surface area contributed by atoms with Gasteiger partial charge in [0, 0.05) is 11.1 Å². The Balaban J connectivity index is 1.77. The van der Waals surface area contributed by atoms with Gasteiger partial charge in [-0.25, -0.2) is 5.43 Å². The summed E-state index contributed by atoms with van der Waals surface area (Å²) < 4.78 is 5.05. The Kier molecular flexibility index (Phi) is 6.33. The molecule has 6 nitrogen and oxygen atoms in total. The van der Waals surface area contributed by atoms with Gasteiger partial charge in [0.1, 0.15) is 5.76 Å². The maximum atomic E-state index is 11.7. The minimum Gasteiger partial charge on any atom is -0.465 e. The number of rotatable bonds is 6. The third-order valence-corrected chi connectivity index (χ3v) is 3.23. The quantitative estimate of drug-likeness (QED) is 0.479. The van der Waals surface area contributed by atoms with Crippen molar-refractivity contribution >= 4 is 35.2 Å². The lowest BCUT2D eigenvalue weighted by Gasteiger charge is -2.04. The van der Waals surface area contributed by atoms with E-state index in [0.29, 0.717) is 16.5 Å². The molecule has 0 aliphatic heterocycles. The lowest BCUT2D eigenvalue weighted by molar-refractivity contribution is -0.123. The Bertz CT molecular complexity index is 750. The van der Waals surface area contributed by atoms with Crippen LogP contribution in [0.1, 0.15) is 18.2 Å². The number of hydrogen-bond donors (Lipinski definition) is 2. The van der Waals surface area contributed by atoms with Crippen LogP contribution in [0.15, 0.2) is 58.3 Å². The van der Waals surface area contributed by atoms with Gasteiger partial charge in [0.15, 0.2) is 0 Å². The summed E-state index contributed by atoms with van der Waals surface area (Å²) in [5.74, 6) is -0.277. The van der Waals surface area contributed by atoms with E-state index in [1.807, 2.05) is 0 Å². The molecule has 2 N–H and O–H groups in total. The summed E-state index contributed by atoms with van der Waals surface area (Å²) in [6.07, 6.45) is 4.30. The fourth-order valence-electron chi connectivity index (χ4n) is 1.71. The number of furan rings is 1. The van der Waals surface area contributed by atoms with E-state index in [2.05, 4.69) is 15.8 Å². The van der Waals surface area contributed by atoms with Gasteiger partial charge in [-0.2, -0.15) is 5.10 Å². The molecule has 7 heteroatoms. The van der Waals surface area contributed by atoms with E-state index in [1.54, 1.807) is 43.3 Å². The van der Waals surface area contributed by atoms with E-state index in [4.69, 9.17) is 16.0 Å². The number of nitrogens with one attached hydrogen (secondary N) is 2. The second-order valence-corrected chi connectivity index (χ2v) is 5.24. The van der Waals surface area contributed by atoms with Crippen LogP contribution < -0.4 is 10.7 Å². The first-order valence-corrected chi connectivity index (χ1v) is 7.51. The molecule has 124 valence electrons. The van der Waals surface area contributed by atoms with Crippen LogP contribution in [0.3, 0.4) is 0 Å². The maximum Gasteiger partial charge on any atom is 0.259 e. The minimum absolute atomic E-state index is 0.182. The summed E-state index contributed by atoms with van der Waals surface area (Å²) in [6.45, 7) is 1.58. The lowest BCUT2D eigenvalue weighted by atomic mass is 10.1. The third kappa shape index (κ3) is 5.73. The molecule has 0 fully saturated rings. The number of hydrazone groups is 1. The molecular formula is C17H16ClN3O3. The van der Waals surface area contributed by atoms with Crippen LogP contribution in [-0.4, -0.2) is 24.1 Å². The Morgan fingerprint density at radius 1 is 1.25 bits per heavy atom. The van der Waals surface area contributed by atoms with Crippen LogP contribution in [-0.2, 0) is 9.59 Å². The molecule has 1 aromatic heterocycles. The first-order chi connectivity index (χ1) is 11.5. The molecule has 0 spiro atoms. The molecule has 2 rings (SSSR count). The van der Waals surface area contributed by atoms with Crippen molar-refractivity contribution in [2.24, 2.45) is 5.10 Å². The Hall–Kier alpha value is -2.86. The first-order valence-electron chi connectivity index (χ1n) is 7.13. The fourth-order valence-corrected chi connectivity index (χ4v) is 1.84. The molecule has 2 aromatic rings. The summed E-state index contributed by atoms with van der Waals surface area (Å²) in [5.41, 5.74) is 3.85. The van der Waals surface area contributed by atoms with Crippen molar-refractivity contribution in [3.63, 3.8) is 0 Å². The van der Waals surface area contributed by atoms with Crippen LogP contribution in [0.2, 0.25) is 5.02 Å². The number of halogens is 1. The predicted octanol–water partition coefficient (Wildman–Crippen LogP) is 2.60. The van der Waals surface area contributed by atoms with Crippen LogP contribution in [0.4, 0.5) is 0 Å². The zero-order valence-electron chi connectivity index (χ0n) is 13.0. The van der Waals surface area contributed by atoms with Gasteiger partial charge >= 0.3 is 0 Å². The highest BCUT2D eigenvalue weighted by Crippen LogP contribution is 2.10. The average molecular weight is 346 g/mol. The topological polar surface area (TPSA) is 83.7 Å². The van der Waals surface area contributed by atoms with Crippen molar-refractivity contribution in [1.29, 1.82) is 0 Å². The Morgan fingerprint density at radius 3 is 2.67 bits per heavy atom. The summed E-state index contributed by atoms with van der Waals surface area (Å²) >= 11 is 5.81. The molecule has 24 heavy (non-hydrogen) atoms. The molecule has 0 saturated carbocycles. The number of carbonyl (C=O) groups is 2. The SMILES string of the molecule is C/C(=N\NC(=O)CNC(=O)/C=C/c1ccco1)c1ccc(Cl)cc1. The standard InChI is InChI=1S/C17H16ClN3O3/c1-12(13-4-6-14(18)7-5-13)20-21-17(23)11-19-16(22)9-8-15-3-2-10-24-15/h2-10H,11H2,1H3,(H,19,22)(H,21,23)/b9-8+,20-12+. The van der Waals surface area contributed by atoms with Gasteiger partial charge in [0.05, 0.1) is 18.5 Å². The van der Waals surface area contributed by atoms with Gasteiger partial charge in [0.25, 0.3) is 5.91 Å². The average Bonchev–Trinajstić information content (AvgIpc) is 3.10. The molecule has 0 aliphatic carbocycles. The second kappa shape index (κ2) is 8.69. The zero-order valence-corrected chi connectivity index (χ0v) is 13.7. The molecule has 0 radical (unpaired) electrons. The van der Waals surface area contributed by atoms with Crippen molar-refractivity contribution in [2.75, 3.05) is 6.54 Å². The van der Waals surface area contributed by atoms with E-state index in [9.17, 15) is 9.59 Å². The minimum atomic E-state index is -0.428. The van der Waals surface area contributed by atoms with Gasteiger partial charge < -0.3 is 9.73 Å². The molecule has 0 aliphatic rings. The van der Waals surface area contributed by atoms with Crippen molar-refractivity contribution < 1.29 is 14.0 Å². The normalized spacial score (nSPS) is 11.5. The van der Waals surface area contributed by atoms with E-state index in [1.165, 1.54) is 18.4 Å². The summed E-state index contributed by atoms with van der Waals surface area (Å²) in [5, 5.41) is 7.05. The predicted molar refractivity (Wildman–Crippen MR) is 92.6 cm³/mol. The van der Waals surface area contributed by atoms with E-state index < -0.39 is 11.8 Å². The third-order valence-electron chi connectivity index (χ3n) is 2.98. The molecule has 1 aromatic carbocycles. The van der Waals surface area contributed by atoms with Crippen LogP contribution in [0, 0.1) is 0 Å². The monoisotopic (exact) mass is 345 g/mol. The number of carbonyl (C=O) groups excluding carboxylic acids is 2. The van der Waals surface area contributed by atoms with Crippen molar-refractivity contribution in [2.45, 2.75) is 6.92 Å². The lowest BCUT2D eigenvalue weighted by Crippen LogP contribution is -2.34. The molecule has 0 saturated heterocycles. The first kappa shape index (κ1) is 17.5. The van der Waals surface area contributed by atoms with Crippen LogP contribution in [0.5, 0.6) is 0 Å². The molecule has 0 atom stereocenters. The van der Waals surface area contributed by atoms with Crippen molar-refractivity contribution in [3.05, 3.63) is 65.1 Å². The molecule has 0 unspecified atom stereocenters. The van der Waals surface area contributed by atoms with Crippen molar-refractivity contribution in [3.8, 4) is 0 Å². The van der Waals surface area contributed by atoms with E-state index in [0.717, 1.165) is 5.56 Å². The van der Waals surface area contributed by atoms with Gasteiger partial charge in [-0.1, -0.05) is 23.7 Å². The zero-order chi connectivity index (χ0) is 17.4. The molecule has 0 bridgehead atoms. The summed E-state index contributed by atoms with van der Waals surface area (Å²) in [7, 11) is 0. The molecule has 1 heterocycles. The highest BCUT2D eigenvalue weighted by Gasteiger charge is 2.03. The Morgan fingerprint density at radius 2 is 2.00 bits per heavy atom. The highest BCUT2D eigenvalue weighted by molar-refractivity contribution is 6.30. The highest BCUT2D eigenvalue weighted by atomic mass is 35.5.